The number of piperidine rings is 1. The van der Waals surface area contributed by atoms with Crippen LogP contribution in [0.1, 0.15) is 44.7 Å². The van der Waals surface area contributed by atoms with Crippen molar-refractivity contribution in [2.24, 2.45) is 5.92 Å². The second kappa shape index (κ2) is 6.80. The quantitative estimate of drug-likeness (QED) is 0.920. The van der Waals surface area contributed by atoms with Gasteiger partial charge in [0.1, 0.15) is 5.75 Å². The van der Waals surface area contributed by atoms with E-state index in [2.05, 4.69) is 48.3 Å². The Bertz CT molecular complexity index is 456. The van der Waals surface area contributed by atoms with E-state index in [1.54, 1.807) is 0 Å². The summed E-state index contributed by atoms with van der Waals surface area (Å²) in [5.41, 5.74) is 1.37. The Morgan fingerprint density at radius 1 is 1.29 bits per heavy atom. The monoisotopic (exact) mass is 288 g/mol. The lowest BCUT2D eigenvalue weighted by atomic mass is 9.90. The van der Waals surface area contributed by atoms with Gasteiger partial charge in [-0.05, 0) is 32.0 Å². The van der Waals surface area contributed by atoms with Crippen molar-refractivity contribution >= 4 is 0 Å². The van der Waals surface area contributed by atoms with Crippen LogP contribution in [0.4, 0.5) is 0 Å². The molecule has 1 fully saturated rings. The second-order valence-corrected chi connectivity index (χ2v) is 6.51. The molecule has 3 unspecified atom stereocenters. The molecule has 116 valence electrons. The number of rotatable bonds is 4. The molecule has 1 aromatic carbocycles. The smallest absolute Gasteiger partial charge is 0.124 e. The largest absolute Gasteiger partial charge is 0.493 e. The van der Waals surface area contributed by atoms with Crippen LogP contribution in [0.2, 0.25) is 0 Å². The summed E-state index contributed by atoms with van der Waals surface area (Å²) in [6.45, 7) is 8.87. The summed E-state index contributed by atoms with van der Waals surface area (Å²) in [5.74, 6) is 1.62. The van der Waals surface area contributed by atoms with Crippen LogP contribution in [0.25, 0.3) is 0 Å². The van der Waals surface area contributed by atoms with Crippen LogP contribution >= 0.6 is 0 Å². The Morgan fingerprint density at radius 3 is 2.90 bits per heavy atom. The second-order valence-electron chi connectivity index (χ2n) is 6.51. The molecule has 3 nitrogen and oxygen atoms in total. The number of benzene rings is 1. The minimum absolute atomic E-state index is 0.490. The summed E-state index contributed by atoms with van der Waals surface area (Å²) in [5, 5.41) is 3.69. The summed E-state index contributed by atoms with van der Waals surface area (Å²) in [4.78, 5) is 2.65. The highest BCUT2D eigenvalue weighted by atomic mass is 16.5. The third kappa shape index (κ3) is 3.24. The molecule has 0 aliphatic carbocycles. The van der Waals surface area contributed by atoms with Gasteiger partial charge in [-0.15, -0.1) is 0 Å². The van der Waals surface area contributed by atoms with Gasteiger partial charge in [0, 0.05) is 30.1 Å². The molecule has 2 heterocycles. The Labute approximate surface area is 128 Å². The van der Waals surface area contributed by atoms with Crippen molar-refractivity contribution in [1.29, 1.82) is 0 Å². The molecule has 2 aliphatic heterocycles. The molecule has 1 saturated heterocycles. The zero-order chi connectivity index (χ0) is 14.7. The molecule has 3 atom stereocenters. The summed E-state index contributed by atoms with van der Waals surface area (Å²) >= 11 is 0. The molecule has 2 aliphatic rings. The molecule has 3 heteroatoms. The van der Waals surface area contributed by atoms with Crippen molar-refractivity contribution in [3.05, 3.63) is 29.8 Å². The van der Waals surface area contributed by atoms with Crippen LogP contribution < -0.4 is 10.1 Å². The minimum Gasteiger partial charge on any atom is -0.493 e. The van der Waals surface area contributed by atoms with E-state index < -0.39 is 0 Å². The maximum Gasteiger partial charge on any atom is 0.124 e. The number of nitrogens with one attached hydrogen (secondary N) is 1. The molecule has 0 spiro atoms. The van der Waals surface area contributed by atoms with Gasteiger partial charge >= 0.3 is 0 Å². The molecule has 0 amide bonds. The lowest BCUT2D eigenvalue weighted by Gasteiger charge is -2.41. The maximum atomic E-state index is 5.91. The number of ether oxygens (including phenoxy) is 1. The average Bonchev–Trinajstić information content (AvgIpc) is 2.54. The van der Waals surface area contributed by atoms with E-state index in [1.165, 1.54) is 31.4 Å². The Hall–Kier alpha value is -1.06. The average molecular weight is 288 g/mol. The minimum atomic E-state index is 0.490. The lowest BCUT2D eigenvalue weighted by Crippen LogP contribution is -2.47. The Balaban J connectivity index is 1.78. The van der Waals surface area contributed by atoms with Gasteiger partial charge in [0.25, 0.3) is 0 Å². The third-order valence-corrected chi connectivity index (χ3v) is 4.95. The van der Waals surface area contributed by atoms with Crippen LogP contribution in [0.5, 0.6) is 5.75 Å². The fourth-order valence-electron chi connectivity index (χ4n) is 3.83. The predicted molar refractivity (Wildman–Crippen MR) is 86.7 cm³/mol. The Morgan fingerprint density at radius 2 is 2.14 bits per heavy atom. The van der Waals surface area contributed by atoms with Crippen LogP contribution in [-0.4, -0.2) is 37.2 Å². The van der Waals surface area contributed by atoms with Gasteiger partial charge in [0.15, 0.2) is 0 Å². The first-order chi connectivity index (χ1) is 10.3. The SMILES string of the molecule is CCN(CC1CCCCN1)C1c2ccccc2OCC1C. The van der Waals surface area contributed by atoms with Crippen LogP contribution in [0.3, 0.4) is 0 Å². The van der Waals surface area contributed by atoms with Gasteiger partial charge in [0.2, 0.25) is 0 Å². The molecule has 3 rings (SSSR count). The molecule has 0 aromatic heterocycles. The molecule has 1 N–H and O–H groups in total. The number of fused-ring (bicyclic) bond motifs is 1. The summed E-state index contributed by atoms with van der Waals surface area (Å²) < 4.78 is 5.91. The van der Waals surface area contributed by atoms with Gasteiger partial charge in [0.05, 0.1) is 6.61 Å². The zero-order valence-electron chi connectivity index (χ0n) is 13.3. The highest BCUT2D eigenvalue weighted by Crippen LogP contribution is 2.39. The number of hydrogen-bond acceptors (Lipinski definition) is 3. The van der Waals surface area contributed by atoms with Gasteiger partial charge in [-0.25, -0.2) is 0 Å². The van der Waals surface area contributed by atoms with E-state index in [0.29, 0.717) is 18.0 Å². The highest BCUT2D eigenvalue weighted by molar-refractivity contribution is 5.38. The van der Waals surface area contributed by atoms with E-state index >= 15 is 0 Å². The number of likely N-dealkylation sites (N-methyl/N-ethyl adjacent to an activating group) is 1. The van der Waals surface area contributed by atoms with E-state index in [9.17, 15) is 0 Å². The Kier molecular flexibility index (Phi) is 4.81. The van der Waals surface area contributed by atoms with E-state index in [0.717, 1.165) is 25.4 Å². The normalized spacial score (nSPS) is 29.0. The first-order valence-corrected chi connectivity index (χ1v) is 8.48. The standard InChI is InChI=1S/C18H28N2O/c1-3-20(12-15-8-6-7-11-19-15)18-14(2)13-21-17-10-5-4-9-16(17)18/h4-5,9-10,14-15,18-19H,3,6-8,11-13H2,1-2H3. The number of nitrogens with zero attached hydrogens (tertiary/aromatic N) is 1. The van der Waals surface area contributed by atoms with Gasteiger partial charge in [-0.1, -0.05) is 38.5 Å². The molecule has 0 saturated carbocycles. The summed E-state index contributed by atoms with van der Waals surface area (Å²) in [7, 11) is 0. The number of para-hydroxylation sites is 1. The fraction of sp³-hybridized carbons (Fsp3) is 0.667. The molecular weight excluding hydrogens is 260 g/mol. The maximum absolute atomic E-state index is 5.91. The van der Waals surface area contributed by atoms with Gasteiger partial charge < -0.3 is 10.1 Å². The molecule has 21 heavy (non-hydrogen) atoms. The van der Waals surface area contributed by atoms with Gasteiger partial charge in [-0.3, -0.25) is 4.90 Å². The van der Waals surface area contributed by atoms with Crippen molar-refractivity contribution < 1.29 is 4.74 Å². The summed E-state index contributed by atoms with van der Waals surface area (Å²) in [6, 6.07) is 9.71. The van der Waals surface area contributed by atoms with Crippen molar-refractivity contribution in [2.45, 2.75) is 45.2 Å². The summed E-state index contributed by atoms with van der Waals surface area (Å²) in [6.07, 6.45) is 4.02. The van der Waals surface area contributed by atoms with Crippen molar-refractivity contribution in [3.63, 3.8) is 0 Å². The topological polar surface area (TPSA) is 24.5 Å². The highest BCUT2D eigenvalue weighted by Gasteiger charge is 2.33. The van der Waals surface area contributed by atoms with Gasteiger partial charge in [-0.2, -0.15) is 0 Å². The van der Waals surface area contributed by atoms with E-state index in [1.807, 2.05) is 0 Å². The van der Waals surface area contributed by atoms with E-state index in [4.69, 9.17) is 4.74 Å². The molecule has 1 aromatic rings. The predicted octanol–water partition coefficient (Wildman–Crippen LogP) is 3.22. The van der Waals surface area contributed by atoms with Crippen LogP contribution in [0, 0.1) is 5.92 Å². The third-order valence-electron chi connectivity index (χ3n) is 4.95. The van der Waals surface area contributed by atoms with Crippen LogP contribution in [0.15, 0.2) is 24.3 Å². The first kappa shape index (κ1) is 14.9. The van der Waals surface area contributed by atoms with E-state index in [-0.39, 0.29) is 0 Å². The molecule has 0 bridgehead atoms. The fourth-order valence-corrected chi connectivity index (χ4v) is 3.83. The van der Waals surface area contributed by atoms with Crippen molar-refractivity contribution in [3.8, 4) is 5.75 Å². The molecular formula is C18H28N2O. The van der Waals surface area contributed by atoms with Crippen molar-refractivity contribution in [1.82, 2.24) is 10.2 Å². The van der Waals surface area contributed by atoms with Crippen LogP contribution in [-0.2, 0) is 0 Å². The van der Waals surface area contributed by atoms with Crippen molar-refractivity contribution in [2.75, 3.05) is 26.2 Å². The molecule has 0 radical (unpaired) electrons. The number of hydrogen-bond donors (Lipinski definition) is 1. The first-order valence-electron chi connectivity index (χ1n) is 8.48. The lowest BCUT2D eigenvalue weighted by molar-refractivity contribution is 0.0826. The zero-order valence-corrected chi connectivity index (χ0v) is 13.3.